The lowest BCUT2D eigenvalue weighted by Crippen LogP contribution is -2.67. The highest BCUT2D eigenvalue weighted by Gasteiger charge is 2.55. The molecule has 3 heterocycles. The van der Waals surface area contributed by atoms with Gasteiger partial charge in [-0.1, -0.05) is 6.92 Å². The molecule has 0 N–H and O–H groups in total. The average molecular weight is 542 g/mol. The predicted octanol–water partition coefficient (Wildman–Crippen LogP) is 2.17. The standard InChI is InChI=1S/C17H28IN4O4PS/c1-4-20-10-17(11-20)7-13(8-17)19(2)15(23)14-6-5-12-9-21(14)16(24)22(12)26-28(25)27(3)18/h12-14H,4-11H2,1-3H3/t12-,14-,27?,28?/m1/s1. The van der Waals surface area contributed by atoms with Gasteiger partial charge in [-0.15, -0.1) is 0 Å². The molecule has 0 radical (unpaired) electrons. The molecule has 4 aliphatic rings. The van der Waals surface area contributed by atoms with E-state index in [0.29, 0.717) is 24.8 Å². The van der Waals surface area contributed by atoms with Crippen LogP contribution in [0, 0.1) is 5.41 Å². The van der Waals surface area contributed by atoms with Crippen LogP contribution >= 0.6 is 26.8 Å². The van der Waals surface area contributed by atoms with Crippen LogP contribution in [0.5, 0.6) is 0 Å². The number of urea groups is 1. The molecule has 158 valence electrons. The second kappa shape index (κ2) is 7.90. The third-order valence-corrected chi connectivity index (χ3v) is 11.8. The van der Waals surface area contributed by atoms with E-state index in [1.165, 1.54) is 5.06 Å². The number of hydrogen-bond acceptors (Lipinski definition) is 5. The molecule has 4 rings (SSSR count). The molecular formula is C17H28IN4O4PS. The summed E-state index contributed by atoms with van der Waals surface area (Å²) >= 11 is 2.08. The van der Waals surface area contributed by atoms with E-state index < -0.39 is 21.5 Å². The highest BCUT2D eigenvalue weighted by atomic mass is 127. The number of piperidine rings is 1. The van der Waals surface area contributed by atoms with Crippen molar-refractivity contribution < 1.29 is 18.1 Å². The quantitative estimate of drug-likeness (QED) is 0.380. The van der Waals surface area contributed by atoms with Gasteiger partial charge in [-0.25, -0.2) is 9.00 Å². The molecule has 0 aromatic heterocycles. The van der Waals surface area contributed by atoms with Crippen molar-refractivity contribution in [3.05, 3.63) is 0 Å². The maximum absolute atomic E-state index is 13.1. The zero-order valence-corrected chi connectivity index (χ0v) is 20.4. The average Bonchev–Trinajstić information content (AvgIpc) is 2.83. The lowest BCUT2D eigenvalue weighted by Gasteiger charge is -2.61. The van der Waals surface area contributed by atoms with E-state index in [1.54, 1.807) is 4.90 Å². The largest absolute Gasteiger partial charge is 0.346 e. The number of halogens is 1. The molecule has 3 aliphatic heterocycles. The van der Waals surface area contributed by atoms with E-state index in [4.69, 9.17) is 4.28 Å². The summed E-state index contributed by atoms with van der Waals surface area (Å²) in [6.07, 6.45) is 3.48. The monoisotopic (exact) mass is 542 g/mol. The smallest absolute Gasteiger partial charge is 0.341 e. The van der Waals surface area contributed by atoms with Gasteiger partial charge in [0, 0.05) is 32.7 Å². The Morgan fingerprint density at radius 3 is 2.68 bits per heavy atom. The summed E-state index contributed by atoms with van der Waals surface area (Å²) in [5, 5.41) is 1.26. The molecule has 4 fully saturated rings. The first-order valence-electron chi connectivity index (χ1n) is 9.83. The van der Waals surface area contributed by atoms with Gasteiger partial charge in [0.25, 0.3) is 0 Å². The van der Waals surface area contributed by atoms with Gasteiger partial charge in [-0.2, -0.15) is 9.35 Å². The van der Waals surface area contributed by atoms with Gasteiger partial charge < -0.3 is 14.7 Å². The molecule has 1 aliphatic carbocycles. The summed E-state index contributed by atoms with van der Waals surface area (Å²) in [4.78, 5) is 31.9. The highest BCUT2D eigenvalue weighted by Crippen LogP contribution is 2.50. The van der Waals surface area contributed by atoms with Gasteiger partial charge in [0.1, 0.15) is 6.04 Å². The Balaban J connectivity index is 1.35. The topological polar surface area (TPSA) is 73.4 Å². The van der Waals surface area contributed by atoms with Crippen molar-refractivity contribution in [2.75, 3.05) is 39.9 Å². The summed E-state index contributed by atoms with van der Waals surface area (Å²) in [6.45, 7) is 7.90. The van der Waals surface area contributed by atoms with Gasteiger partial charge in [0.05, 0.1) is 10.8 Å². The predicted molar refractivity (Wildman–Crippen MR) is 117 cm³/mol. The zero-order chi connectivity index (χ0) is 20.2. The maximum atomic E-state index is 13.1. The molecule has 2 bridgehead atoms. The minimum atomic E-state index is -1.50. The fraction of sp³-hybridized carbons (Fsp3) is 0.882. The van der Waals surface area contributed by atoms with Gasteiger partial charge in [0.2, 0.25) is 16.6 Å². The molecule has 1 spiro atoms. The third kappa shape index (κ3) is 3.61. The number of likely N-dealkylation sites (tertiary alicyclic amines) is 1. The van der Waals surface area contributed by atoms with E-state index in [0.717, 1.165) is 32.5 Å². The van der Waals surface area contributed by atoms with Crippen LogP contribution in [0.3, 0.4) is 0 Å². The first-order valence-corrected chi connectivity index (χ1v) is 16.1. The lowest BCUT2D eigenvalue weighted by molar-refractivity contribution is -0.150. The molecule has 3 amide bonds. The van der Waals surface area contributed by atoms with Crippen molar-refractivity contribution in [3.8, 4) is 0 Å². The Hall–Kier alpha value is -0.0300. The number of likely N-dealkylation sites (N-methyl/N-ethyl adjacent to an activating group) is 1. The van der Waals surface area contributed by atoms with Crippen LogP contribution in [0.2, 0.25) is 0 Å². The highest BCUT2D eigenvalue weighted by molar-refractivity contribution is 14.2. The van der Waals surface area contributed by atoms with Crippen LogP contribution in [-0.2, 0) is 19.8 Å². The molecule has 8 nitrogen and oxygen atoms in total. The van der Waals surface area contributed by atoms with Gasteiger partial charge in [-0.3, -0.25) is 4.79 Å². The van der Waals surface area contributed by atoms with Gasteiger partial charge in [-0.05, 0) is 66.3 Å². The number of hydrogen-bond donors (Lipinski definition) is 0. The van der Waals surface area contributed by atoms with Crippen molar-refractivity contribution in [3.63, 3.8) is 0 Å². The Labute approximate surface area is 182 Å². The lowest BCUT2D eigenvalue weighted by atomic mass is 9.60. The van der Waals surface area contributed by atoms with Crippen molar-refractivity contribution in [2.45, 2.75) is 50.7 Å². The van der Waals surface area contributed by atoms with Crippen molar-refractivity contribution in [1.29, 1.82) is 0 Å². The molecule has 1 saturated carbocycles. The van der Waals surface area contributed by atoms with Crippen molar-refractivity contribution in [1.82, 2.24) is 19.8 Å². The Bertz CT molecular complexity index is 684. The molecule has 0 aromatic rings. The molecule has 4 atom stereocenters. The number of hydroxylamine groups is 2. The van der Waals surface area contributed by atoms with Crippen molar-refractivity contribution in [2.24, 2.45) is 5.41 Å². The normalized spacial score (nSPS) is 31.5. The number of rotatable bonds is 6. The van der Waals surface area contributed by atoms with Crippen molar-refractivity contribution >= 4 is 49.4 Å². The molecule has 0 aromatic carbocycles. The number of amides is 3. The second-order valence-corrected chi connectivity index (χ2v) is 18.8. The third-order valence-electron chi connectivity index (χ3n) is 6.76. The SMILES string of the molecule is CCN1CC2(CC(N(C)C(=O)[C@H]3CC[C@@H]4CN3C(=O)N4OS(=O)P(C)I)C2)C1. The van der Waals surface area contributed by atoms with Crippen LogP contribution in [0.1, 0.15) is 32.6 Å². The van der Waals surface area contributed by atoms with E-state index >= 15 is 0 Å². The Kier molecular flexibility index (Phi) is 5.99. The Morgan fingerprint density at radius 2 is 2.07 bits per heavy atom. The molecular weight excluding hydrogens is 514 g/mol. The van der Waals surface area contributed by atoms with Crippen LogP contribution in [0.4, 0.5) is 4.79 Å². The van der Waals surface area contributed by atoms with E-state index in [1.807, 2.05) is 18.6 Å². The van der Waals surface area contributed by atoms with E-state index in [2.05, 4.69) is 33.9 Å². The van der Waals surface area contributed by atoms with Crippen LogP contribution in [-0.4, -0.2) is 93.9 Å². The Morgan fingerprint density at radius 1 is 1.39 bits per heavy atom. The van der Waals surface area contributed by atoms with Crippen LogP contribution < -0.4 is 0 Å². The summed E-state index contributed by atoms with van der Waals surface area (Å²) in [5.74, 6) is 0.0351. The summed E-state index contributed by atoms with van der Waals surface area (Å²) < 4.78 is 16.7. The summed E-state index contributed by atoms with van der Waals surface area (Å²) in [5.41, 5.74) is 0.420. The fourth-order valence-corrected chi connectivity index (χ4v) is 6.67. The number of carbonyl (C=O) groups excluding carboxylic acids is 2. The van der Waals surface area contributed by atoms with Crippen LogP contribution in [0.25, 0.3) is 0 Å². The minimum absolute atomic E-state index is 0.0351. The number of fused-ring (bicyclic) bond motifs is 2. The zero-order valence-electron chi connectivity index (χ0n) is 16.5. The second-order valence-electron chi connectivity index (χ2n) is 8.53. The van der Waals surface area contributed by atoms with Gasteiger partial charge >= 0.3 is 6.03 Å². The molecule has 11 heteroatoms. The minimum Gasteiger partial charge on any atom is -0.341 e. The maximum Gasteiger partial charge on any atom is 0.346 e. The summed E-state index contributed by atoms with van der Waals surface area (Å²) in [6, 6.07) is -0.578. The number of carbonyl (C=O) groups is 2. The fourth-order valence-electron chi connectivity index (χ4n) is 5.11. The number of nitrogens with zero attached hydrogens (tertiary/aromatic N) is 4. The van der Waals surface area contributed by atoms with E-state index in [9.17, 15) is 13.8 Å². The molecule has 3 saturated heterocycles. The van der Waals surface area contributed by atoms with Crippen LogP contribution in [0.15, 0.2) is 0 Å². The van der Waals surface area contributed by atoms with E-state index in [-0.39, 0.29) is 24.0 Å². The first kappa shape index (κ1) is 21.2. The first-order chi connectivity index (χ1) is 13.2. The van der Waals surface area contributed by atoms with Gasteiger partial charge in [0.15, 0.2) is 0 Å². The summed E-state index contributed by atoms with van der Waals surface area (Å²) in [7, 11) is 0.383. The molecule has 2 unspecified atom stereocenters. The molecule has 28 heavy (non-hydrogen) atoms.